The highest BCUT2D eigenvalue weighted by molar-refractivity contribution is 8.18. The van der Waals surface area contributed by atoms with Gasteiger partial charge in [0.15, 0.2) is 16.7 Å². The SMILES string of the molecule is CCc1ccc(N=C2NC(=O)/C(=C/c3cccc(OC)c3OCc3ccc(C(=O)O)cc3)S2)cc1. The number of aromatic carboxylic acids is 1. The topological polar surface area (TPSA) is 97.2 Å². The number of carbonyl (C=O) groups is 2. The molecule has 3 aromatic carbocycles. The molecule has 1 saturated heterocycles. The normalized spacial score (nSPS) is 15.3. The van der Waals surface area contributed by atoms with Crippen LogP contribution in [0.25, 0.3) is 6.08 Å². The van der Waals surface area contributed by atoms with E-state index in [1.807, 2.05) is 36.4 Å². The second kappa shape index (κ2) is 10.9. The Balaban J connectivity index is 1.55. The van der Waals surface area contributed by atoms with E-state index in [4.69, 9.17) is 14.6 Å². The molecule has 4 rings (SSSR count). The second-order valence-electron chi connectivity index (χ2n) is 7.67. The van der Waals surface area contributed by atoms with Gasteiger partial charge < -0.3 is 19.9 Å². The Morgan fingerprint density at radius 2 is 1.77 bits per heavy atom. The Morgan fingerprint density at radius 1 is 1.06 bits per heavy atom. The predicted molar refractivity (Wildman–Crippen MR) is 137 cm³/mol. The van der Waals surface area contributed by atoms with Crippen molar-refractivity contribution in [3.63, 3.8) is 0 Å². The van der Waals surface area contributed by atoms with Gasteiger partial charge >= 0.3 is 5.97 Å². The molecule has 0 unspecified atom stereocenters. The summed E-state index contributed by atoms with van der Waals surface area (Å²) in [4.78, 5) is 28.7. The number of rotatable bonds is 8. The standard InChI is InChI=1S/C27H24N2O5S/c1-3-17-9-13-21(14-10-17)28-27-29-25(30)23(35-27)15-20-5-4-6-22(33-2)24(20)34-16-18-7-11-19(12-8-18)26(31)32/h4-15H,3,16H2,1-2H3,(H,31,32)(H,28,29,30)/b23-15-. The minimum Gasteiger partial charge on any atom is -0.493 e. The van der Waals surface area contributed by atoms with Gasteiger partial charge in [-0.05, 0) is 65.7 Å². The van der Waals surface area contributed by atoms with Crippen LogP contribution in [0, 0.1) is 0 Å². The molecule has 0 aliphatic carbocycles. The number of carbonyl (C=O) groups excluding carboxylic acids is 1. The van der Waals surface area contributed by atoms with Gasteiger partial charge in [-0.3, -0.25) is 4.79 Å². The van der Waals surface area contributed by atoms with Crippen LogP contribution in [0.1, 0.15) is 34.0 Å². The van der Waals surface area contributed by atoms with E-state index in [1.165, 1.54) is 29.5 Å². The first-order valence-electron chi connectivity index (χ1n) is 11.0. The number of methoxy groups -OCH3 is 1. The number of carboxylic acid groups (broad SMARTS) is 1. The van der Waals surface area contributed by atoms with Crippen LogP contribution in [-0.4, -0.2) is 29.3 Å². The molecule has 0 spiro atoms. The van der Waals surface area contributed by atoms with Crippen molar-refractivity contribution in [3.8, 4) is 11.5 Å². The van der Waals surface area contributed by atoms with E-state index in [9.17, 15) is 9.59 Å². The molecule has 1 fully saturated rings. The van der Waals surface area contributed by atoms with E-state index in [0.29, 0.717) is 27.1 Å². The Morgan fingerprint density at radius 3 is 2.43 bits per heavy atom. The maximum absolute atomic E-state index is 12.6. The van der Waals surface area contributed by atoms with Gasteiger partial charge in [0.1, 0.15) is 6.61 Å². The molecule has 0 bridgehead atoms. The molecular formula is C27H24N2O5S. The number of benzene rings is 3. The summed E-state index contributed by atoms with van der Waals surface area (Å²) in [5.74, 6) is -0.213. The predicted octanol–water partition coefficient (Wildman–Crippen LogP) is 5.43. The maximum Gasteiger partial charge on any atom is 0.335 e. The smallest absolute Gasteiger partial charge is 0.335 e. The number of carboxylic acids is 1. The van der Waals surface area contributed by atoms with Crippen LogP contribution in [0.2, 0.25) is 0 Å². The molecule has 2 N–H and O–H groups in total. The molecule has 3 aromatic rings. The van der Waals surface area contributed by atoms with Gasteiger partial charge in [0, 0.05) is 5.56 Å². The van der Waals surface area contributed by atoms with E-state index in [2.05, 4.69) is 17.2 Å². The molecule has 1 aliphatic heterocycles. The molecule has 178 valence electrons. The zero-order chi connectivity index (χ0) is 24.8. The van der Waals surface area contributed by atoms with Crippen molar-refractivity contribution in [1.29, 1.82) is 0 Å². The van der Waals surface area contributed by atoms with Crippen molar-refractivity contribution in [2.24, 2.45) is 4.99 Å². The molecule has 0 aromatic heterocycles. The minimum absolute atomic E-state index is 0.205. The van der Waals surface area contributed by atoms with Crippen LogP contribution in [0.5, 0.6) is 11.5 Å². The van der Waals surface area contributed by atoms with Crippen LogP contribution in [0.15, 0.2) is 76.6 Å². The van der Waals surface area contributed by atoms with Crippen molar-refractivity contribution in [3.05, 3.63) is 93.9 Å². The Bertz CT molecular complexity index is 1300. The van der Waals surface area contributed by atoms with Gasteiger partial charge in [-0.15, -0.1) is 0 Å². The molecular weight excluding hydrogens is 464 g/mol. The van der Waals surface area contributed by atoms with Crippen molar-refractivity contribution in [1.82, 2.24) is 5.32 Å². The number of amidine groups is 1. The second-order valence-corrected chi connectivity index (χ2v) is 8.70. The fourth-order valence-electron chi connectivity index (χ4n) is 3.41. The molecule has 7 nitrogen and oxygen atoms in total. The van der Waals surface area contributed by atoms with Gasteiger partial charge in [0.2, 0.25) is 0 Å². The third kappa shape index (κ3) is 5.91. The number of hydrogen-bond acceptors (Lipinski definition) is 6. The highest BCUT2D eigenvalue weighted by Gasteiger charge is 2.25. The van der Waals surface area contributed by atoms with Crippen LogP contribution >= 0.6 is 11.8 Å². The lowest BCUT2D eigenvalue weighted by Gasteiger charge is -2.14. The number of amides is 1. The summed E-state index contributed by atoms with van der Waals surface area (Å²) in [6.07, 6.45) is 2.70. The maximum atomic E-state index is 12.6. The lowest BCUT2D eigenvalue weighted by molar-refractivity contribution is -0.115. The van der Waals surface area contributed by atoms with Crippen LogP contribution in [0.3, 0.4) is 0 Å². The van der Waals surface area contributed by atoms with Gasteiger partial charge in [0.05, 0.1) is 23.3 Å². The molecule has 1 heterocycles. The zero-order valence-electron chi connectivity index (χ0n) is 19.3. The number of hydrogen-bond donors (Lipinski definition) is 2. The lowest BCUT2D eigenvalue weighted by atomic mass is 10.1. The number of thioether (sulfide) groups is 1. The average Bonchev–Trinajstić information content (AvgIpc) is 3.21. The van der Waals surface area contributed by atoms with Crippen molar-refractivity contribution < 1.29 is 24.2 Å². The number of nitrogens with one attached hydrogen (secondary N) is 1. The summed E-state index contributed by atoms with van der Waals surface area (Å²) < 4.78 is 11.5. The third-order valence-corrected chi connectivity index (χ3v) is 6.24. The highest BCUT2D eigenvalue weighted by atomic mass is 32.2. The van der Waals surface area contributed by atoms with E-state index >= 15 is 0 Å². The molecule has 8 heteroatoms. The summed E-state index contributed by atoms with van der Waals surface area (Å²) in [5.41, 5.74) is 3.68. The lowest BCUT2D eigenvalue weighted by Crippen LogP contribution is -2.19. The van der Waals surface area contributed by atoms with Crippen molar-refractivity contribution >= 4 is 40.6 Å². The fourth-order valence-corrected chi connectivity index (χ4v) is 4.24. The van der Waals surface area contributed by atoms with Crippen LogP contribution < -0.4 is 14.8 Å². The number of nitrogens with zero attached hydrogens (tertiary/aromatic N) is 1. The average molecular weight is 489 g/mol. The number of ether oxygens (including phenoxy) is 2. The van der Waals surface area contributed by atoms with Crippen molar-refractivity contribution in [2.75, 3.05) is 7.11 Å². The Hall–Kier alpha value is -4.04. The van der Waals surface area contributed by atoms with Gasteiger partial charge in [0.25, 0.3) is 5.91 Å². The molecule has 1 amide bonds. The van der Waals surface area contributed by atoms with Crippen LogP contribution in [-0.2, 0) is 17.8 Å². The molecule has 0 radical (unpaired) electrons. The van der Waals surface area contributed by atoms with Gasteiger partial charge in [-0.1, -0.05) is 43.3 Å². The van der Waals surface area contributed by atoms with Crippen molar-refractivity contribution in [2.45, 2.75) is 20.0 Å². The monoisotopic (exact) mass is 488 g/mol. The van der Waals surface area contributed by atoms with E-state index in [1.54, 1.807) is 31.4 Å². The fraction of sp³-hybridized carbons (Fsp3) is 0.148. The summed E-state index contributed by atoms with van der Waals surface area (Å²) in [6, 6.07) is 19.8. The van der Waals surface area contributed by atoms with Gasteiger partial charge in [-0.25, -0.2) is 9.79 Å². The van der Waals surface area contributed by atoms with Crippen LogP contribution in [0.4, 0.5) is 5.69 Å². The number of aryl methyl sites for hydroxylation is 1. The molecule has 1 aliphatic rings. The first-order chi connectivity index (χ1) is 17.0. The summed E-state index contributed by atoms with van der Waals surface area (Å²) in [6.45, 7) is 2.30. The third-order valence-electron chi connectivity index (χ3n) is 5.33. The van der Waals surface area contributed by atoms with E-state index in [-0.39, 0.29) is 18.1 Å². The molecule has 35 heavy (non-hydrogen) atoms. The Kier molecular flexibility index (Phi) is 7.52. The summed E-state index contributed by atoms with van der Waals surface area (Å²) in [7, 11) is 1.55. The molecule has 0 atom stereocenters. The quantitative estimate of drug-likeness (QED) is 0.411. The van der Waals surface area contributed by atoms with E-state index < -0.39 is 5.97 Å². The zero-order valence-corrected chi connectivity index (χ0v) is 20.1. The number of aliphatic imine (C=N–C) groups is 1. The Labute approximate surface area is 207 Å². The highest BCUT2D eigenvalue weighted by Crippen LogP contribution is 2.36. The number of para-hydroxylation sites is 1. The largest absolute Gasteiger partial charge is 0.493 e. The molecule has 0 saturated carbocycles. The van der Waals surface area contributed by atoms with E-state index in [0.717, 1.165) is 17.7 Å². The summed E-state index contributed by atoms with van der Waals surface area (Å²) >= 11 is 1.26. The van der Waals surface area contributed by atoms with Gasteiger partial charge in [-0.2, -0.15) is 0 Å². The summed E-state index contributed by atoms with van der Waals surface area (Å²) in [5, 5.41) is 12.4. The first-order valence-corrected chi connectivity index (χ1v) is 11.8. The first kappa shape index (κ1) is 24.1. The minimum atomic E-state index is -0.982.